The molecule has 0 unspecified atom stereocenters. The van der Waals surface area contributed by atoms with Gasteiger partial charge in [-0.15, -0.1) is 0 Å². The van der Waals surface area contributed by atoms with Crippen molar-refractivity contribution >= 4 is 11.7 Å². The molecule has 21 heavy (non-hydrogen) atoms. The van der Waals surface area contributed by atoms with Gasteiger partial charge in [-0.25, -0.2) is 10.8 Å². The molecule has 1 heterocycles. The third-order valence-corrected chi connectivity index (χ3v) is 2.76. The number of nitrogens with zero attached hydrogens (tertiary/aromatic N) is 1. The minimum Gasteiger partial charge on any atom is -0.382 e. The van der Waals surface area contributed by atoms with E-state index in [9.17, 15) is 4.79 Å². The first-order valence-corrected chi connectivity index (χ1v) is 7.03. The summed E-state index contributed by atoms with van der Waals surface area (Å²) >= 11 is 0. The monoisotopic (exact) mass is 296 g/mol. The highest BCUT2D eigenvalue weighted by atomic mass is 16.5. The molecule has 0 fully saturated rings. The zero-order chi connectivity index (χ0) is 15.5. The van der Waals surface area contributed by atoms with E-state index in [-0.39, 0.29) is 5.91 Å². The lowest BCUT2D eigenvalue weighted by molar-refractivity contribution is 0.0692. The van der Waals surface area contributed by atoms with Crippen molar-refractivity contribution in [3.05, 3.63) is 23.4 Å². The van der Waals surface area contributed by atoms with Crippen LogP contribution in [0.5, 0.6) is 0 Å². The van der Waals surface area contributed by atoms with Crippen LogP contribution in [0.3, 0.4) is 0 Å². The van der Waals surface area contributed by atoms with E-state index in [1.165, 1.54) is 0 Å². The van der Waals surface area contributed by atoms with Crippen LogP contribution in [-0.2, 0) is 15.9 Å². The Hall–Kier alpha value is -1.70. The van der Waals surface area contributed by atoms with Crippen LogP contribution in [0.25, 0.3) is 0 Å². The van der Waals surface area contributed by atoms with Crippen LogP contribution < -0.4 is 16.6 Å². The zero-order valence-corrected chi connectivity index (χ0v) is 12.6. The van der Waals surface area contributed by atoms with Crippen molar-refractivity contribution in [2.45, 2.75) is 19.8 Å². The molecule has 1 amide bonds. The first-order valence-electron chi connectivity index (χ1n) is 7.03. The maximum atomic E-state index is 12.1. The average Bonchev–Trinajstić information content (AvgIpc) is 2.50. The Morgan fingerprint density at radius 1 is 1.33 bits per heavy atom. The number of ether oxygens (including phenoxy) is 2. The van der Waals surface area contributed by atoms with Gasteiger partial charge in [0.05, 0.1) is 19.8 Å². The van der Waals surface area contributed by atoms with Gasteiger partial charge in [0, 0.05) is 24.9 Å². The molecule has 1 aromatic rings. The number of amides is 1. The van der Waals surface area contributed by atoms with Crippen molar-refractivity contribution in [1.82, 2.24) is 10.3 Å². The van der Waals surface area contributed by atoms with Gasteiger partial charge in [0.2, 0.25) is 0 Å². The molecule has 0 aliphatic carbocycles. The Labute approximate surface area is 125 Å². The fourth-order valence-corrected chi connectivity index (χ4v) is 1.76. The summed E-state index contributed by atoms with van der Waals surface area (Å²) in [6.07, 6.45) is 1.76. The topological polar surface area (TPSA) is 98.5 Å². The van der Waals surface area contributed by atoms with E-state index < -0.39 is 0 Å². The van der Waals surface area contributed by atoms with Crippen LogP contribution in [0.2, 0.25) is 0 Å². The second-order valence-corrected chi connectivity index (χ2v) is 4.49. The number of rotatable bonds is 10. The van der Waals surface area contributed by atoms with Crippen LogP contribution in [0.1, 0.15) is 29.4 Å². The highest BCUT2D eigenvalue weighted by molar-refractivity contribution is 5.95. The van der Waals surface area contributed by atoms with E-state index in [2.05, 4.69) is 22.7 Å². The summed E-state index contributed by atoms with van der Waals surface area (Å²) in [5, 5.41) is 2.80. The number of aromatic nitrogens is 1. The van der Waals surface area contributed by atoms with Crippen LogP contribution in [0.4, 0.5) is 5.82 Å². The zero-order valence-electron chi connectivity index (χ0n) is 12.6. The molecule has 4 N–H and O–H groups in total. The number of nitrogen functional groups attached to an aromatic ring is 1. The van der Waals surface area contributed by atoms with Crippen molar-refractivity contribution < 1.29 is 14.3 Å². The quantitative estimate of drug-likeness (QED) is 0.334. The van der Waals surface area contributed by atoms with Gasteiger partial charge in [-0.2, -0.15) is 0 Å². The fraction of sp³-hybridized carbons (Fsp3) is 0.571. The number of pyridine rings is 1. The number of aryl methyl sites for hydroxylation is 1. The van der Waals surface area contributed by atoms with Gasteiger partial charge in [0.1, 0.15) is 5.82 Å². The molecule has 7 nitrogen and oxygen atoms in total. The lowest BCUT2D eigenvalue weighted by atomic mass is 10.1. The van der Waals surface area contributed by atoms with Gasteiger partial charge >= 0.3 is 0 Å². The number of carbonyl (C=O) groups is 1. The van der Waals surface area contributed by atoms with E-state index in [1.807, 2.05) is 0 Å². The lowest BCUT2D eigenvalue weighted by Crippen LogP contribution is -2.28. The van der Waals surface area contributed by atoms with E-state index in [4.69, 9.17) is 15.3 Å². The summed E-state index contributed by atoms with van der Waals surface area (Å²) in [7, 11) is 1.62. The Morgan fingerprint density at radius 3 is 2.81 bits per heavy atom. The van der Waals surface area contributed by atoms with Crippen molar-refractivity contribution in [1.29, 1.82) is 0 Å². The van der Waals surface area contributed by atoms with Gasteiger partial charge in [-0.05, 0) is 18.6 Å². The molecule has 0 saturated carbocycles. The summed E-state index contributed by atoms with van der Waals surface area (Å²) in [5.41, 5.74) is 3.86. The van der Waals surface area contributed by atoms with Crippen LogP contribution in [0, 0.1) is 0 Å². The number of methoxy groups -OCH3 is 1. The summed E-state index contributed by atoms with van der Waals surface area (Å²) < 4.78 is 10.1. The van der Waals surface area contributed by atoms with Gasteiger partial charge in [0.25, 0.3) is 5.91 Å². The molecule has 0 spiro atoms. The molecule has 0 radical (unpaired) electrons. The van der Waals surface area contributed by atoms with E-state index in [0.29, 0.717) is 37.7 Å². The van der Waals surface area contributed by atoms with Crippen molar-refractivity contribution in [3.63, 3.8) is 0 Å². The normalized spacial score (nSPS) is 10.4. The van der Waals surface area contributed by atoms with E-state index in [0.717, 1.165) is 18.5 Å². The van der Waals surface area contributed by atoms with Crippen molar-refractivity contribution in [3.8, 4) is 0 Å². The van der Waals surface area contributed by atoms with E-state index >= 15 is 0 Å². The number of hydrogen-bond donors (Lipinski definition) is 3. The molecule has 0 aliphatic rings. The molecule has 1 rings (SSSR count). The minimum absolute atomic E-state index is 0.165. The third kappa shape index (κ3) is 6.52. The van der Waals surface area contributed by atoms with Crippen LogP contribution in [-0.4, -0.2) is 44.4 Å². The maximum absolute atomic E-state index is 12.1. The molecule has 7 heteroatoms. The number of anilines is 1. The molecule has 0 atom stereocenters. The second kappa shape index (κ2) is 10.1. The first-order chi connectivity index (χ1) is 10.2. The number of nitrogens with two attached hydrogens (primary N) is 1. The average molecular weight is 296 g/mol. The SMILES string of the molecule is CCCc1cc(C(=O)NCCOCCOC)cc(NN)n1. The molecule has 1 aromatic heterocycles. The lowest BCUT2D eigenvalue weighted by Gasteiger charge is -2.09. The molecular formula is C14H24N4O3. The molecular weight excluding hydrogens is 272 g/mol. The Morgan fingerprint density at radius 2 is 2.14 bits per heavy atom. The standard InChI is InChI=1S/C14H24N4O3/c1-3-4-12-9-11(10-13(17-12)18-15)14(19)16-5-6-21-8-7-20-2/h9-10H,3-8,15H2,1-2H3,(H,16,19)(H,17,18). The molecule has 0 bridgehead atoms. The van der Waals surface area contributed by atoms with Crippen LogP contribution >= 0.6 is 0 Å². The molecule has 0 aliphatic heterocycles. The molecule has 0 saturated heterocycles. The molecule has 118 valence electrons. The van der Waals surface area contributed by atoms with E-state index in [1.54, 1.807) is 19.2 Å². The Balaban J connectivity index is 2.50. The second-order valence-electron chi connectivity index (χ2n) is 4.49. The summed E-state index contributed by atoms with van der Waals surface area (Å²) in [6.45, 7) is 4.01. The predicted octanol–water partition coefficient (Wildman–Crippen LogP) is 0.713. The Bertz CT molecular complexity index is 440. The number of nitrogens with one attached hydrogen (secondary N) is 2. The van der Waals surface area contributed by atoms with Gasteiger partial charge in [0.15, 0.2) is 0 Å². The number of hydrazine groups is 1. The summed E-state index contributed by atoms with van der Waals surface area (Å²) in [5.74, 6) is 5.70. The molecule has 0 aromatic carbocycles. The van der Waals surface area contributed by atoms with Crippen molar-refractivity contribution in [2.75, 3.05) is 38.9 Å². The summed E-state index contributed by atoms with van der Waals surface area (Å²) in [6, 6.07) is 3.41. The maximum Gasteiger partial charge on any atom is 0.251 e. The summed E-state index contributed by atoms with van der Waals surface area (Å²) in [4.78, 5) is 16.4. The van der Waals surface area contributed by atoms with Gasteiger partial charge in [-0.3, -0.25) is 4.79 Å². The van der Waals surface area contributed by atoms with Crippen molar-refractivity contribution in [2.24, 2.45) is 5.84 Å². The first kappa shape index (κ1) is 17.4. The highest BCUT2D eigenvalue weighted by Gasteiger charge is 2.09. The Kier molecular flexibility index (Phi) is 8.34. The minimum atomic E-state index is -0.165. The smallest absolute Gasteiger partial charge is 0.251 e. The third-order valence-electron chi connectivity index (χ3n) is 2.76. The predicted molar refractivity (Wildman–Crippen MR) is 81.1 cm³/mol. The van der Waals surface area contributed by atoms with Gasteiger partial charge in [-0.1, -0.05) is 13.3 Å². The highest BCUT2D eigenvalue weighted by Crippen LogP contribution is 2.11. The largest absolute Gasteiger partial charge is 0.382 e. The van der Waals surface area contributed by atoms with Gasteiger partial charge < -0.3 is 20.2 Å². The fourth-order valence-electron chi connectivity index (χ4n) is 1.76. The van der Waals surface area contributed by atoms with Crippen LogP contribution in [0.15, 0.2) is 12.1 Å². The number of carbonyl (C=O) groups excluding carboxylic acids is 1. The number of hydrogen-bond acceptors (Lipinski definition) is 6.